The number of rotatable bonds is 5. The van der Waals surface area contributed by atoms with Crippen LogP contribution in [0.15, 0.2) is 24.3 Å². The summed E-state index contributed by atoms with van der Waals surface area (Å²) in [4.78, 5) is 25.2. The van der Waals surface area contributed by atoms with Gasteiger partial charge in [-0.3, -0.25) is 9.59 Å². The molecule has 0 bridgehead atoms. The van der Waals surface area contributed by atoms with E-state index in [1.54, 1.807) is 4.90 Å². The van der Waals surface area contributed by atoms with Gasteiger partial charge in [0, 0.05) is 19.5 Å². The van der Waals surface area contributed by atoms with E-state index in [0.717, 1.165) is 38.1 Å². The molecule has 1 fully saturated rings. The zero-order chi connectivity index (χ0) is 16.9. The zero-order valence-corrected chi connectivity index (χ0v) is 12.7. The summed E-state index contributed by atoms with van der Waals surface area (Å²) in [6, 6.07) is 4.74. The summed E-state index contributed by atoms with van der Waals surface area (Å²) < 4.78 is 37.3. The molecule has 1 aliphatic rings. The Kier molecular flexibility index (Phi) is 5.63. The monoisotopic (exact) mass is 328 g/mol. The Bertz CT molecular complexity index is 549. The van der Waals surface area contributed by atoms with Crippen molar-refractivity contribution in [3.05, 3.63) is 35.4 Å². The number of aryl methyl sites for hydroxylation is 1. The van der Waals surface area contributed by atoms with Gasteiger partial charge in [-0.05, 0) is 37.0 Å². The number of benzene rings is 1. The lowest BCUT2D eigenvalue weighted by Crippen LogP contribution is -2.38. The van der Waals surface area contributed by atoms with Crippen LogP contribution in [0.1, 0.15) is 30.4 Å². The van der Waals surface area contributed by atoms with Crippen molar-refractivity contribution in [1.29, 1.82) is 0 Å². The maximum absolute atomic E-state index is 12.4. The van der Waals surface area contributed by atoms with E-state index in [4.69, 9.17) is 0 Å². The molecule has 23 heavy (non-hydrogen) atoms. The quantitative estimate of drug-likeness (QED) is 0.902. The van der Waals surface area contributed by atoms with Crippen molar-refractivity contribution in [3.63, 3.8) is 0 Å². The predicted octanol–water partition coefficient (Wildman–Crippen LogP) is 2.38. The highest BCUT2D eigenvalue weighted by Gasteiger charge is 2.29. The second-order valence-electron chi connectivity index (χ2n) is 5.56. The van der Waals surface area contributed by atoms with E-state index >= 15 is 0 Å². The van der Waals surface area contributed by atoms with Gasteiger partial charge in [-0.15, -0.1) is 0 Å². The third-order valence-electron chi connectivity index (χ3n) is 3.82. The van der Waals surface area contributed by atoms with Gasteiger partial charge in [0.25, 0.3) is 0 Å². The van der Waals surface area contributed by atoms with Gasteiger partial charge < -0.3 is 10.2 Å². The molecule has 1 aromatic rings. The molecule has 0 atom stereocenters. The first-order valence-electron chi connectivity index (χ1n) is 7.57. The van der Waals surface area contributed by atoms with Crippen LogP contribution >= 0.6 is 0 Å². The number of halogens is 3. The number of hydrogen-bond acceptors (Lipinski definition) is 2. The van der Waals surface area contributed by atoms with Crippen LogP contribution in [0.4, 0.5) is 13.2 Å². The van der Waals surface area contributed by atoms with Crippen molar-refractivity contribution in [2.24, 2.45) is 0 Å². The lowest BCUT2D eigenvalue weighted by atomic mass is 10.1. The van der Waals surface area contributed by atoms with E-state index in [1.807, 2.05) is 0 Å². The van der Waals surface area contributed by atoms with Crippen molar-refractivity contribution in [2.45, 2.75) is 31.9 Å². The Morgan fingerprint density at radius 1 is 1.09 bits per heavy atom. The fourth-order valence-corrected chi connectivity index (χ4v) is 2.46. The Morgan fingerprint density at radius 2 is 1.70 bits per heavy atom. The average Bonchev–Trinajstić information content (AvgIpc) is 3.04. The largest absolute Gasteiger partial charge is 0.416 e. The minimum Gasteiger partial charge on any atom is -0.347 e. The Morgan fingerprint density at radius 3 is 2.26 bits per heavy atom. The number of carbonyl (C=O) groups excluding carboxylic acids is 2. The summed E-state index contributed by atoms with van der Waals surface area (Å²) in [6.07, 6.45) is -1.90. The highest BCUT2D eigenvalue weighted by Crippen LogP contribution is 2.29. The maximum atomic E-state index is 12.4. The van der Waals surface area contributed by atoms with Gasteiger partial charge in [-0.2, -0.15) is 13.2 Å². The zero-order valence-electron chi connectivity index (χ0n) is 12.7. The molecule has 0 radical (unpaired) electrons. The standard InChI is InChI=1S/C16H19F3N2O2/c17-16(18,19)13-6-3-12(4-7-13)5-8-14(22)20-11-15(23)21-9-1-2-10-21/h3-4,6-7H,1-2,5,8-11H2,(H,20,22). The molecular weight excluding hydrogens is 309 g/mol. The van der Waals surface area contributed by atoms with Gasteiger partial charge in [0.05, 0.1) is 12.1 Å². The van der Waals surface area contributed by atoms with Crippen LogP contribution in [-0.2, 0) is 22.2 Å². The first-order valence-corrected chi connectivity index (χ1v) is 7.57. The van der Waals surface area contributed by atoms with Crippen molar-refractivity contribution in [2.75, 3.05) is 19.6 Å². The molecule has 1 N–H and O–H groups in total. The van der Waals surface area contributed by atoms with E-state index in [-0.39, 0.29) is 24.8 Å². The minimum absolute atomic E-state index is 0.0220. The van der Waals surface area contributed by atoms with Crippen molar-refractivity contribution in [1.82, 2.24) is 10.2 Å². The Hall–Kier alpha value is -2.05. The van der Waals surface area contributed by atoms with Gasteiger partial charge in [-0.25, -0.2) is 0 Å². The van der Waals surface area contributed by atoms with Gasteiger partial charge in [-0.1, -0.05) is 12.1 Å². The molecule has 126 valence electrons. The number of likely N-dealkylation sites (tertiary alicyclic amines) is 1. The first-order chi connectivity index (χ1) is 10.9. The molecule has 1 heterocycles. The molecule has 0 aliphatic carbocycles. The highest BCUT2D eigenvalue weighted by atomic mass is 19.4. The molecule has 0 unspecified atom stereocenters. The first kappa shape index (κ1) is 17.3. The summed E-state index contributed by atoms with van der Waals surface area (Å²) >= 11 is 0. The summed E-state index contributed by atoms with van der Waals surface area (Å²) in [5, 5.41) is 2.56. The third kappa shape index (κ3) is 5.26. The maximum Gasteiger partial charge on any atom is 0.416 e. The van der Waals surface area contributed by atoms with E-state index < -0.39 is 11.7 Å². The summed E-state index contributed by atoms with van der Waals surface area (Å²) in [7, 11) is 0. The predicted molar refractivity (Wildman–Crippen MR) is 78.6 cm³/mol. The van der Waals surface area contributed by atoms with Crippen LogP contribution in [-0.4, -0.2) is 36.3 Å². The lowest BCUT2D eigenvalue weighted by Gasteiger charge is -2.15. The molecule has 1 aromatic carbocycles. The van der Waals surface area contributed by atoms with Crippen LogP contribution in [0.2, 0.25) is 0 Å². The molecule has 4 nitrogen and oxygen atoms in total. The van der Waals surface area contributed by atoms with Crippen LogP contribution < -0.4 is 5.32 Å². The molecule has 7 heteroatoms. The van der Waals surface area contributed by atoms with Gasteiger partial charge >= 0.3 is 6.18 Å². The van der Waals surface area contributed by atoms with Crippen LogP contribution in [0, 0.1) is 0 Å². The number of nitrogens with one attached hydrogen (secondary N) is 1. The number of nitrogens with zero attached hydrogens (tertiary/aromatic N) is 1. The molecule has 0 aromatic heterocycles. The summed E-state index contributed by atoms with van der Waals surface area (Å²) in [5.74, 6) is -0.372. The Labute approximate surface area is 132 Å². The third-order valence-corrected chi connectivity index (χ3v) is 3.82. The van der Waals surface area contributed by atoms with Gasteiger partial charge in [0.15, 0.2) is 0 Å². The Balaban J connectivity index is 1.72. The van der Waals surface area contributed by atoms with E-state index in [9.17, 15) is 22.8 Å². The number of alkyl halides is 3. The van der Waals surface area contributed by atoms with Gasteiger partial charge in [0.1, 0.15) is 0 Å². The van der Waals surface area contributed by atoms with Crippen molar-refractivity contribution in [3.8, 4) is 0 Å². The molecule has 0 spiro atoms. The second kappa shape index (κ2) is 7.48. The second-order valence-corrected chi connectivity index (χ2v) is 5.56. The average molecular weight is 328 g/mol. The van der Waals surface area contributed by atoms with Crippen LogP contribution in [0.5, 0.6) is 0 Å². The fourth-order valence-electron chi connectivity index (χ4n) is 2.46. The molecule has 0 saturated carbocycles. The topological polar surface area (TPSA) is 49.4 Å². The van der Waals surface area contributed by atoms with Crippen molar-refractivity contribution < 1.29 is 22.8 Å². The van der Waals surface area contributed by atoms with Crippen LogP contribution in [0.25, 0.3) is 0 Å². The molecule has 1 saturated heterocycles. The minimum atomic E-state index is -4.36. The summed E-state index contributed by atoms with van der Waals surface area (Å²) in [5.41, 5.74) is -0.0547. The lowest BCUT2D eigenvalue weighted by molar-refractivity contribution is -0.137. The highest BCUT2D eigenvalue weighted by molar-refractivity contribution is 5.84. The van der Waals surface area contributed by atoms with E-state index in [0.29, 0.717) is 12.0 Å². The molecule has 2 rings (SSSR count). The smallest absolute Gasteiger partial charge is 0.347 e. The number of hydrogen-bond donors (Lipinski definition) is 1. The SMILES string of the molecule is O=C(CCc1ccc(C(F)(F)F)cc1)NCC(=O)N1CCCC1. The number of carbonyl (C=O) groups is 2. The van der Waals surface area contributed by atoms with E-state index in [1.165, 1.54) is 12.1 Å². The molecular formula is C16H19F3N2O2. The normalized spacial score (nSPS) is 14.8. The van der Waals surface area contributed by atoms with E-state index in [2.05, 4.69) is 5.32 Å². The van der Waals surface area contributed by atoms with Crippen LogP contribution in [0.3, 0.4) is 0 Å². The fraction of sp³-hybridized carbons (Fsp3) is 0.500. The van der Waals surface area contributed by atoms with Gasteiger partial charge in [0.2, 0.25) is 11.8 Å². The molecule has 2 amide bonds. The molecule has 1 aliphatic heterocycles. The van der Waals surface area contributed by atoms with Crippen molar-refractivity contribution >= 4 is 11.8 Å². The summed E-state index contributed by atoms with van der Waals surface area (Å²) in [6.45, 7) is 1.45. The number of amides is 2.